The Morgan fingerprint density at radius 1 is 0.667 bits per heavy atom. The van der Waals surface area contributed by atoms with Gasteiger partial charge in [-0.05, 0) is 56.1 Å². The molecule has 150 valence electrons. The van der Waals surface area contributed by atoms with Crippen molar-refractivity contribution >= 4 is 54.8 Å². The zero-order valence-corrected chi connectivity index (χ0v) is 18.0. The second kappa shape index (κ2) is 8.64. The first-order valence-electron chi connectivity index (χ1n) is 8.27. The average molecular weight is 534 g/mol. The summed E-state index contributed by atoms with van der Waals surface area (Å²) in [7, 11) is 0. The molecule has 3 rings (SSSR count). The van der Waals surface area contributed by atoms with Gasteiger partial charge in [-0.15, -0.1) is 0 Å². The van der Waals surface area contributed by atoms with Crippen molar-refractivity contribution in [2.45, 2.75) is 0 Å². The highest BCUT2D eigenvalue weighted by Crippen LogP contribution is 2.29. The van der Waals surface area contributed by atoms with E-state index in [1.54, 1.807) is 12.1 Å². The standard InChI is InChI=1S/C20H10Br2N2O6/c21-15-7-5-11(9-17(15)23(27)28)19(25)13-3-1-2-4-14(13)20(26)12-6-8-16(22)18(10-12)24(29)30/h1-10H. The normalized spacial score (nSPS) is 10.5. The second-order valence-corrected chi connectivity index (χ2v) is 7.76. The van der Waals surface area contributed by atoms with Gasteiger partial charge in [0.1, 0.15) is 0 Å². The molecule has 0 saturated carbocycles. The van der Waals surface area contributed by atoms with Gasteiger partial charge in [0.25, 0.3) is 11.4 Å². The number of hydrogen-bond acceptors (Lipinski definition) is 6. The summed E-state index contributed by atoms with van der Waals surface area (Å²) in [5, 5.41) is 22.3. The highest BCUT2D eigenvalue weighted by atomic mass is 79.9. The fourth-order valence-electron chi connectivity index (χ4n) is 2.78. The molecule has 0 amide bonds. The molecule has 0 heterocycles. The number of nitro benzene ring substituents is 2. The largest absolute Gasteiger partial charge is 0.289 e. The lowest BCUT2D eigenvalue weighted by atomic mass is 9.93. The molecule has 0 aliphatic carbocycles. The molecule has 0 aliphatic rings. The summed E-state index contributed by atoms with van der Waals surface area (Å²) in [4.78, 5) is 47.1. The monoisotopic (exact) mass is 532 g/mol. The number of rotatable bonds is 6. The van der Waals surface area contributed by atoms with Gasteiger partial charge in [0.05, 0.1) is 18.8 Å². The SMILES string of the molecule is O=C(c1ccc(Br)c([N+](=O)[O-])c1)c1ccccc1C(=O)c1ccc(Br)c([N+](=O)[O-])c1. The third-order valence-electron chi connectivity index (χ3n) is 4.23. The molecule has 8 nitrogen and oxygen atoms in total. The molecule has 0 spiro atoms. The van der Waals surface area contributed by atoms with Crippen LogP contribution in [0.4, 0.5) is 11.4 Å². The number of ketones is 2. The molecule has 3 aromatic rings. The first kappa shape index (κ1) is 21.5. The fourth-order valence-corrected chi connectivity index (χ4v) is 3.56. The molecular weight excluding hydrogens is 524 g/mol. The summed E-state index contributed by atoms with van der Waals surface area (Å²) < 4.78 is 0.436. The third-order valence-corrected chi connectivity index (χ3v) is 5.57. The maximum Gasteiger partial charge on any atom is 0.284 e. The van der Waals surface area contributed by atoms with E-state index in [0.29, 0.717) is 0 Å². The zero-order chi connectivity index (χ0) is 22.0. The number of carbonyl (C=O) groups is 2. The van der Waals surface area contributed by atoms with E-state index in [0.717, 1.165) is 12.1 Å². The summed E-state index contributed by atoms with van der Waals surface area (Å²) in [6.07, 6.45) is 0. The van der Waals surface area contributed by atoms with Crippen molar-refractivity contribution in [3.63, 3.8) is 0 Å². The van der Waals surface area contributed by atoms with Crippen LogP contribution in [0.25, 0.3) is 0 Å². The van der Waals surface area contributed by atoms with Crippen LogP contribution in [0.1, 0.15) is 31.8 Å². The Hall–Kier alpha value is -3.24. The topological polar surface area (TPSA) is 120 Å². The first-order chi connectivity index (χ1) is 14.2. The Balaban J connectivity index is 2.07. The smallest absolute Gasteiger partial charge is 0.284 e. The minimum atomic E-state index is -0.626. The van der Waals surface area contributed by atoms with Crippen LogP contribution in [-0.4, -0.2) is 21.4 Å². The fraction of sp³-hybridized carbons (Fsp3) is 0. The van der Waals surface area contributed by atoms with Crippen molar-refractivity contribution in [3.8, 4) is 0 Å². The van der Waals surface area contributed by atoms with Crippen molar-refractivity contribution in [2.24, 2.45) is 0 Å². The summed E-state index contributed by atoms with van der Waals surface area (Å²) in [5.41, 5.74) is -0.436. The predicted molar refractivity (Wildman–Crippen MR) is 115 cm³/mol. The Bertz CT molecular complexity index is 1130. The number of hydrogen-bond donors (Lipinski definition) is 0. The number of nitrogens with zero attached hydrogens (tertiary/aromatic N) is 2. The number of carbonyl (C=O) groups excluding carboxylic acids is 2. The van der Waals surface area contributed by atoms with Gasteiger partial charge in [0.15, 0.2) is 11.6 Å². The molecule has 0 radical (unpaired) electrons. The van der Waals surface area contributed by atoms with Gasteiger partial charge in [-0.2, -0.15) is 0 Å². The number of benzene rings is 3. The van der Waals surface area contributed by atoms with E-state index in [4.69, 9.17) is 0 Å². The van der Waals surface area contributed by atoms with E-state index in [-0.39, 0.29) is 42.6 Å². The maximum atomic E-state index is 13.0. The molecule has 0 atom stereocenters. The van der Waals surface area contributed by atoms with Gasteiger partial charge in [-0.25, -0.2) is 0 Å². The number of nitro groups is 2. The molecular formula is C20H10Br2N2O6. The van der Waals surface area contributed by atoms with E-state index in [1.807, 2.05) is 0 Å². The average Bonchev–Trinajstić information content (AvgIpc) is 2.73. The van der Waals surface area contributed by atoms with Crippen LogP contribution in [0.15, 0.2) is 69.6 Å². The Morgan fingerprint density at radius 2 is 1.03 bits per heavy atom. The lowest BCUT2D eigenvalue weighted by Crippen LogP contribution is -2.11. The van der Waals surface area contributed by atoms with Crippen LogP contribution in [0.2, 0.25) is 0 Å². The van der Waals surface area contributed by atoms with Crippen molar-refractivity contribution in [1.82, 2.24) is 0 Å². The molecule has 10 heteroatoms. The zero-order valence-electron chi connectivity index (χ0n) is 14.9. The molecule has 0 fully saturated rings. The van der Waals surface area contributed by atoms with E-state index in [9.17, 15) is 29.8 Å². The maximum absolute atomic E-state index is 13.0. The van der Waals surface area contributed by atoms with E-state index < -0.39 is 21.4 Å². The summed E-state index contributed by atoms with van der Waals surface area (Å²) in [6, 6.07) is 13.8. The minimum Gasteiger partial charge on any atom is -0.289 e. The summed E-state index contributed by atoms with van der Waals surface area (Å²) >= 11 is 6.13. The Labute approximate surface area is 186 Å². The van der Waals surface area contributed by atoms with Crippen molar-refractivity contribution in [2.75, 3.05) is 0 Å². The molecule has 30 heavy (non-hydrogen) atoms. The third kappa shape index (κ3) is 4.19. The highest BCUT2D eigenvalue weighted by molar-refractivity contribution is 9.11. The van der Waals surface area contributed by atoms with Crippen LogP contribution < -0.4 is 0 Å². The Kier molecular flexibility index (Phi) is 6.18. The number of halogens is 2. The Morgan fingerprint density at radius 3 is 1.37 bits per heavy atom. The van der Waals surface area contributed by atoms with E-state index in [2.05, 4.69) is 31.9 Å². The van der Waals surface area contributed by atoms with Gasteiger partial charge in [0, 0.05) is 34.4 Å². The van der Waals surface area contributed by atoms with Gasteiger partial charge in [-0.3, -0.25) is 29.8 Å². The van der Waals surface area contributed by atoms with Gasteiger partial charge >= 0.3 is 0 Å². The molecule has 0 unspecified atom stereocenters. The van der Waals surface area contributed by atoms with E-state index in [1.165, 1.54) is 36.4 Å². The van der Waals surface area contributed by atoms with Crippen LogP contribution in [0.3, 0.4) is 0 Å². The van der Waals surface area contributed by atoms with Crippen molar-refractivity contribution in [1.29, 1.82) is 0 Å². The molecule has 0 N–H and O–H groups in total. The van der Waals surface area contributed by atoms with Crippen molar-refractivity contribution in [3.05, 3.63) is 112 Å². The van der Waals surface area contributed by atoms with Gasteiger partial charge < -0.3 is 0 Å². The molecule has 0 saturated heterocycles. The minimum absolute atomic E-state index is 0.0321. The second-order valence-electron chi connectivity index (χ2n) is 6.05. The van der Waals surface area contributed by atoms with Crippen molar-refractivity contribution < 1.29 is 19.4 Å². The first-order valence-corrected chi connectivity index (χ1v) is 9.85. The summed E-state index contributed by atoms with van der Waals surface area (Å²) in [6.45, 7) is 0. The van der Waals surface area contributed by atoms with Crippen LogP contribution in [0.5, 0.6) is 0 Å². The lowest BCUT2D eigenvalue weighted by molar-refractivity contribution is -0.385. The van der Waals surface area contributed by atoms with Crippen LogP contribution in [0, 0.1) is 20.2 Å². The van der Waals surface area contributed by atoms with Gasteiger partial charge in [0.2, 0.25) is 0 Å². The predicted octanol–water partition coefficient (Wildman–Crippen LogP) is 5.49. The molecule has 3 aromatic carbocycles. The summed E-state index contributed by atoms with van der Waals surface area (Å²) in [5.74, 6) is -1.16. The highest BCUT2D eigenvalue weighted by Gasteiger charge is 2.23. The quantitative estimate of drug-likeness (QED) is 0.234. The van der Waals surface area contributed by atoms with Crippen LogP contribution in [-0.2, 0) is 0 Å². The van der Waals surface area contributed by atoms with Gasteiger partial charge in [-0.1, -0.05) is 24.3 Å². The lowest BCUT2D eigenvalue weighted by Gasteiger charge is -2.09. The van der Waals surface area contributed by atoms with E-state index >= 15 is 0 Å². The molecule has 0 aromatic heterocycles. The molecule has 0 bridgehead atoms. The van der Waals surface area contributed by atoms with Crippen LogP contribution >= 0.6 is 31.9 Å². The molecule has 0 aliphatic heterocycles.